The van der Waals surface area contributed by atoms with E-state index in [4.69, 9.17) is 66.3 Å². The fourth-order valence-corrected chi connectivity index (χ4v) is 11.2. The molecule has 34 nitrogen and oxygen atoms in total. The lowest BCUT2D eigenvalue weighted by Gasteiger charge is -2.52. The van der Waals surface area contributed by atoms with E-state index in [2.05, 4.69) is 10.6 Å². The molecular formula is C50H86N2O32. The number of hydrogen-bond acceptors (Lipinski definition) is 32. The van der Waals surface area contributed by atoms with Crippen molar-refractivity contribution in [3.8, 4) is 0 Å². The average molecular weight is 1230 g/mol. The molecule has 0 aromatic heterocycles. The number of hydrogen-bond donors (Lipinski definition) is 18. The summed E-state index contributed by atoms with van der Waals surface area (Å²) in [5, 5.41) is 181. The lowest BCUT2D eigenvalue weighted by Crippen LogP contribution is -2.71. The topological polar surface area (TPSA) is 511 Å². The molecule has 14 unspecified atom stereocenters. The summed E-state index contributed by atoms with van der Waals surface area (Å²) in [4.78, 5) is 26.2. The second-order valence-corrected chi connectivity index (χ2v) is 22.5. The van der Waals surface area contributed by atoms with Gasteiger partial charge in [0, 0.05) is 19.8 Å². The molecule has 7 saturated heterocycles. The molecule has 488 valence electrons. The standard InChI is InChI=1S/C50H86N2O32/c1-13(2)71-44-24(51-18(7)57)41(82-47-35(68)32(65)28(61)16(5)73-47)39(22(11-55)77-44)80-49-37(70)43(30(63)21(10-54)75-49)84-45-25(52-19(8)58)42(83-48-36(69)33(66)29(62)17(6)74-48)40(23(12-56)78-45)81-50-38(14(3)26(59)20(9-53)76-50)79-46-34(67)31(64)27(60)15(4)72-46/h13-17,20-50,53-56,59-70H,9-12H2,1-8H3,(H,51,57)(H,52,58)/t14?,15-,16?,17?,20-,21-,22?,23?,24?,25?,26+,27+,28+,29+,30-,31?,32-,33-,34?,35?,36?,37?,38?,39+,40+,41+,42+,43?,44+,45-,46-,47-,48-,49-,50-/m0/s1. The maximum Gasteiger partial charge on any atom is 0.217 e. The molecular weight excluding hydrogens is 1140 g/mol. The van der Waals surface area contributed by atoms with Crippen molar-refractivity contribution in [3.63, 3.8) is 0 Å². The van der Waals surface area contributed by atoms with E-state index in [1.54, 1.807) is 13.8 Å². The van der Waals surface area contributed by atoms with Crippen LogP contribution in [0, 0.1) is 5.92 Å². The Hall–Kier alpha value is -2.26. The van der Waals surface area contributed by atoms with Crippen molar-refractivity contribution in [3.05, 3.63) is 0 Å². The van der Waals surface area contributed by atoms with E-state index >= 15 is 0 Å². The van der Waals surface area contributed by atoms with E-state index in [1.807, 2.05) is 0 Å². The maximum absolute atomic E-state index is 13.4. The molecule has 7 rings (SSSR count). The number of carbonyl (C=O) groups excluding carboxylic acids is 2. The monoisotopic (exact) mass is 1230 g/mol. The number of aliphatic hydroxyl groups excluding tert-OH is 16. The first-order chi connectivity index (χ1) is 39.6. The van der Waals surface area contributed by atoms with Crippen molar-refractivity contribution in [2.24, 2.45) is 5.92 Å². The van der Waals surface area contributed by atoms with Crippen LogP contribution in [0.15, 0.2) is 0 Å². The van der Waals surface area contributed by atoms with E-state index < -0.39 is 259 Å². The van der Waals surface area contributed by atoms with Crippen molar-refractivity contribution in [2.45, 2.75) is 270 Å². The third-order valence-corrected chi connectivity index (χ3v) is 16.0. The Bertz CT molecular complexity index is 2080. The number of ether oxygens (including phenoxy) is 14. The highest BCUT2D eigenvalue weighted by Gasteiger charge is 2.60. The van der Waals surface area contributed by atoms with Crippen LogP contribution >= 0.6 is 0 Å². The van der Waals surface area contributed by atoms with Gasteiger partial charge in [-0.15, -0.1) is 0 Å². The van der Waals surface area contributed by atoms with Gasteiger partial charge in [0.1, 0.15) is 140 Å². The highest BCUT2D eigenvalue weighted by atomic mass is 16.8. The second-order valence-electron chi connectivity index (χ2n) is 22.5. The molecule has 18 N–H and O–H groups in total. The zero-order valence-corrected chi connectivity index (χ0v) is 47.3. The molecule has 0 bridgehead atoms. The zero-order chi connectivity index (χ0) is 62.1. The van der Waals surface area contributed by atoms with Gasteiger partial charge >= 0.3 is 0 Å². The molecule has 0 aromatic carbocycles. The summed E-state index contributed by atoms with van der Waals surface area (Å²) in [6.07, 6.45) is -56.5. The third kappa shape index (κ3) is 15.0. The fourth-order valence-electron chi connectivity index (χ4n) is 11.2. The summed E-state index contributed by atoms with van der Waals surface area (Å²) >= 11 is 0. The molecule has 34 heteroatoms. The van der Waals surface area contributed by atoms with Gasteiger partial charge in [-0.3, -0.25) is 9.59 Å². The maximum atomic E-state index is 13.4. The molecule has 7 heterocycles. The Morgan fingerprint density at radius 1 is 0.357 bits per heavy atom. The predicted molar refractivity (Wildman–Crippen MR) is 268 cm³/mol. The minimum atomic E-state index is -2.25. The van der Waals surface area contributed by atoms with E-state index in [0.29, 0.717) is 0 Å². The van der Waals surface area contributed by atoms with Crippen LogP contribution in [0.1, 0.15) is 55.4 Å². The number of amides is 2. The molecule has 7 fully saturated rings. The first kappa shape index (κ1) is 69.2. The molecule has 7 aliphatic heterocycles. The minimum absolute atomic E-state index is 0.606. The van der Waals surface area contributed by atoms with Crippen molar-refractivity contribution < 1.29 is 158 Å². The Kier molecular flexibility index (Phi) is 24.4. The van der Waals surface area contributed by atoms with Gasteiger partial charge in [0.2, 0.25) is 11.8 Å². The molecule has 84 heavy (non-hydrogen) atoms. The van der Waals surface area contributed by atoms with E-state index in [0.717, 1.165) is 13.8 Å². The van der Waals surface area contributed by atoms with E-state index in [1.165, 1.54) is 27.7 Å². The van der Waals surface area contributed by atoms with Crippen molar-refractivity contribution >= 4 is 11.8 Å². The summed E-state index contributed by atoms with van der Waals surface area (Å²) in [6.45, 7) is 7.06. The third-order valence-electron chi connectivity index (χ3n) is 16.0. The van der Waals surface area contributed by atoms with Gasteiger partial charge in [0.05, 0.1) is 56.9 Å². The molecule has 35 atom stereocenters. The first-order valence-corrected chi connectivity index (χ1v) is 27.9. The van der Waals surface area contributed by atoms with Crippen LogP contribution in [-0.2, 0) is 75.9 Å². The molecule has 0 aromatic rings. The van der Waals surface area contributed by atoms with Gasteiger partial charge in [0.25, 0.3) is 0 Å². The SMILES string of the molecule is CC(=O)NC1[C@H](OC(C)C)OC(CO)[C@@H](O[C@@H]2O[C@@H](CO)[C@H](O)C(O[C@@H]3OC(CO)[C@@H](O[C@@H]4O[C@@H](CO)[C@H](O)C(C)C4O[C@@H]4O[C@@H](C)[C@@H](O)C(O)C4O)[C@H](O[C@@H]4OC(C)[C@@H](O)[C@H](O)C4O)C3NC(C)=O)C2O)[C@@H]1O[C@@H]1OC(C)[C@@H](O)[C@H](O)C1O. The van der Waals surface area contributed by atoms with Gasteiger partial charge in [0.15, 0.2) is 44.0 Å². The summed E-state index contributed by atoms with van der Waals surface area (Å²) in [5.41, 5.74) is 0. The Morgan fingerprint density at radius 2 is 0.679 bits per heavy atom. The van der Waals surface area contributed by atoms with E-state index in [-0.39, 0.29) is 0 Å². The van der Waals surface area contributed by atoms with Crippen LogP contribution < -0.4 is 10.6 Å². The number of nitrogens with one attached hydrogen (secondary N) is 2. The lowest BCUT2D eigenvalue weighted by atomic mass is 9.89. The second kappa shape index (κ2) is 29.6. The number of carbonyl (C=O) groups is 2. The highest BCUT2D eigenvalue weighted by molar-refractivity contribution is 5.73. The van der Waals surface area contributed by atoms with Crippen LogP contribution in [0.25, 0.3) is 0 Å². The van der Waals surface area contributed by atoms with Gasteiger partial charge in [-0.1, -0.05) is 6.92 Å². The summed E-state index contributed by atoms with van der Waals surface area (Å²) in [5.74, 6) is -2.67. The molecule has 0 spiro atoms. The van der Waals surface area contributed by atoms with Gasteiger partial charge < -0.3 is 159 Å². The molecule has 2 amide bonds. The Balaban J connectivity index is 1.26. The van der Waals surface area contributed by atoms with Crippen molar-refractivity contribution in [2.75, 3.05) is 26.4 Å². The quantitative estimate of drug-likeness (QED) is 0.0538. The van der Waals surface area contributed by atoms with Gasteiger partial charge in [-0.25, -0.2) is 0 Å². The molecule has 7 aliphatic rings. The van der Waals surface area contributed by atoms with Crippen molar-refractivity contribution in [1.82, 2.24) is 10.6 Å². The normalized spacial score (nSPS) is 50.4. The van der Waals surface area contributed by atoms with Crippen LogP contribution in [0.5, 0.6) is 0 Å². The summed E-state index contributed by atoms with van der Waals surface area (Å²) in [6, 6.07) is -3.27. The largest absolute Gasteiger partial charge is 0.394 e. The van der Waals surface area contributed by atoms with Crippen molar-refractivity contribution in [1.29, 1.82) is 0 Å². The molecule has 0 saturated carbocycles. The van der Waals surface area contributed by atoms with Crippen LogP contribution in [-0.4, -0.2) is 335 Å². The smallest absolute Gasteiger partial charge is 0.217 e. The number of aliphatic hydroxyl groups is 16. The van der Waals surface area contributed by atoms with Gasteiger partial charge in [-0.05, 0) is 34.6 Å². The van der Waals surface area contributed by atoms with E-state index in [9.17, 15) is 91.3 Å². The van der Waals surface area contributed by atoms with Crippen LogP contribution in [0.2, 0.25) is 0 Å². The fraction of sp³-hybridized carbons (Fsp3) is 0.960. The highest BCUT2D eigenvalue weighted by Crippen LogP contribution is 2.40. The Morgan fingerprint density at radius 3 is 1.08 bits per heavy atom. The average Bonchev–Trinajstić information content (AvgIpc) is 1.72. The summed E-state index contributed by atoms with van der Waals surface area (Å²) < 4.78 is 85.5. The number of rotatable bonds is 20. The minimum Gasteiger partial charge on any atom is -0.394 e. The first-order valence-electron chi connectivity index (χ1n) is 27.9. The summed E-state index contributed by atoms with van der Waals surface area (Å²) in [7, 11) is 0. The lowest BCUT2D eigenvalue weighted by molar-refractivity contribution is -0.400. The predicted octanol–water partition coefficient (Wildman–Crippen LogP) is -10.2. The Labute approximate surface area is 481 Å². The molecule has 0 radical (unpaired) electrons. The molecule has 0 aliphatic carbocycles. The van der Waals surface area contributed by atoms with Crippen LogP contribution in [0.4, 0.5) is 0 Å². The zero-order valence-electron chi connectivity index (χ0n) is 47.3. The van der Waals surface area contributed by atoms with Gasteiger partial charge in [-0.2, -0.15) is 0 Å². The van der Waals surface area contributed by atoms with Crippen LogP contribution in [0.3, 0.4) is 0 Å².